The highest BCUT2D eigenvalue weighted by Crippen LogP contribution is 2.73. The number of benzene rings is 1. The summed E-state index contributed by atoms with van der Waals surface area (Å²) in [6, 6.07) is 3.60. The van der Waals surface area contributed by atoms with Gasteiger partial charge in [-0.15, -0.1) is 0 Å². The maximum atomic E-state index is 13.9. The summed E-state index contributed by atoms with van der Waals surface area (Å²) in [6.07, 6.45) is 6.40. The van der Waals surface area contributed by atoms with Crippen molar-refractivity contribution in [2.24, 2.45) is 35.3 Å². The minimum Gasteiger partial charge on any atom is -0.445 e. The lowest BCUT2D eigenvalue weighted by atomic mass is 9.51. The third-order valence-corrected chi connectivity index (χ3v) is 21.4. The fourth-order valence-electron chi connectivity index (χ4n) is 16.2. The van der Waals surface area contributed by atoms with Crippen LogP contribution in [0.4, 0.5) is 15.3 Å². The topological polar surface area (TPSA) is 357 Å². The molecule has 11 aliphatic rings. The van der Waals surface area contributed by atoms with Gasteiger partial charge in [0, 0.05) is 82.5 Å². The van der Waals surface area contributed by atoms with Crippen LogP contribution >= 0.6 is 0 Å². The molecule has 8 amide bonds. The molecule has 12 rings (SSSR count). The molecule has 1 aliphatic carbocycles. The van der Waals surface area contributed by atoms with Crippen LogP contribution < -0.4 is 32.3 Å². The Hall–Kier alpha value is -6.28. The van der Waals surface area contributed by atoms with Gasteiger partial charge in [-0.25, -0.2) is 9.59 Å². The van der Waals surface area contributed by atoms with Crippen LogP contribution in [0.3, 0.4) is 0 Å². The summed E-state index contributed by atoms with van der Waals surface area (Å²) < 4.78 is 75.5. The third kappa shape index (κ3) is 17.6. The predicted molar refractivity (Wildman–Crippen MR) is 352 cm³/mol. The maximum absolute atomic E-state index is 13.9. The standard InChI is InChI=1S/C71H101N7O21/c1-38(2)61(77-56(81)21-25-89-27-28-90-26-24-78-57(82)18-19-58(78)83)67(85)76-51(9-8-23-73-68(72)86)66(84)75-45-12-10-43(11-13-45)36-92-69(87)74-35-47(80)33-54-62(88-7)44(37-91-54)31-46(79)32-49-15-17-53-63(95-49)65-60-64(96-53)59-55-34-70(98-65,99-71(59,60)97-55)22-20-50-30-40(4)52(94-50)16-14-48-29-39(3)41(5)42(6)93-48/h10-13,18-19,38-39,42,44,47-55,59-65,80H,4-5,8-9,14-17,20-37H2,1-3,6-7H3,(H,74,87)(H,75,84)(H,76,85)(H,77,81)(H3,72,73,86)/t39-,42-,44?,47?,48?,49?,50?,51?,52+,53?,54-,55-,59+,60?,61?,62-,63+,64?,65?,70-,71?/m1/s1. The molecule has 546 valence electrons. The van der Waals surface area contributed by atoms with Crippen LogP contribution in [0, 0.1) is 29.6 Å². The second kappa shape index (κ2) is 32.8. The molecular formula is C71H101N7O21. The van der Waals surface area contributed by atoms with Crippen LogP contribution in [0.2, 0.25) is 0 Å². The number of nitrogens with zero attached hydrogens (tertiary/aromatic N) is 1. The van der Waals surface area contributed by atoms with Crippen LogP contribution in [-0.2, 0) is 92.2 Å². The molecule has 10 aliphatic heterocycles. The second-order valence-corrected chi connectivity index (χ2v) is 28.7. The molecule has 0 radical (unpaired) electrons. The molecule has 1 aromatic carbocycles. The van der Waals surface area contributed by atoms with Crippen LogP contribution in [0.15, 0.2) is 60.7 Å². The summed E-state index contributed by atoms with van der Waals surface area (Å²) in [7, 11) is 1.56. The van der Waals surface area contributed by atoms with Gasteiger partial charge < -0.3 is 94.3 Å². The van der Waals surface area contributed by atoms with Crippen molar-refractivity contribution in [3.8, 4) is 0 Å². The Balaban J connectivity index is 0.576. The summed E-state index contributed by atoms with van der Waals surface area (Å²) in [4.78, 5) is 103. The van der Waals surface area contributed by atoms with Crippen molar-refractivity contribution in [2.75, 3.05) is 65.1 Å². The van der Waals surface area contributed by atoms with Gasteiger partial charge in [-0.1, -0.05) is 46.1 Å². The smallest absolute Gasteiger partial charge is 0.407 e. The lowest BCUT2D eigenvalue weighted by Gasteiger charge is -2.80. The van der Waals surface area contributed by atoms with Gasteiger partial charge >= 0.3 is 12.1 Å². The third-order valence-electron chi connectivity index (χ3n) is 21.4. The molecule has 28 heteroatoms. The number of Topliss-reactive ketones (excluding diaryl/α,β-unsaturated/α-hetero) is 1. The lowest BCUT2D eigenvalue weighted by Crippen LogP contribution is -2.93. The molecule has 0 aromatic heterocycles. The number of imide groups is 1. The van der Waals surface area contributed by atoms with E-state index in [9.17, 15) is 43.5 Å². The summed E-state index contributed by atoms with van der Waals surface area (Å²) >= 11 is 0. The average Bonchev–Trinajstić information content (AvgIpc) is 0.905. The number of ketones is 1. The van der Waals surface area contributed by atoms with E-state index in [1.165, 1.54) is 12.2 Å². The average molecular weight is 1390 g/mol. The minimum atomic E-state index is -1.09. The van der Waals surface area contributed by atoms with Crippen LogP contribution in [-0.4, -0.2) is 220 Å². The van der Waals surface area contributed by atoms with Gasteiger partial charge in [0.15, 0.2) is 11.6 Å². The van der Waals surface area contributed by atoms with E-state index in [1.807, 2.05) is 0 Å². The van der Waals surface area contributed by atoms with Crippen LogP contribution in [0.25, 0.3) is 0 Å². The number of nitrogens with one attached hydrogen (secondary N) is 5. The SMILES string of the molecule is C=C1CC(CC[C@]23C[C@H]4OC5(O2)C2C(O3)[C@H]3OC(CC(=O)CC6CO[C@H](CC(O)CNC(=O)OCc7ccc(NC(=O)C(CCCNC(N)=O)NC(=O)C(NC(=O)CCOCCOCCN8C(=O)C=CC8=O)C(C)C)cc7)[C@@H]6OC)CCC3OC2[C@H]45)O[C@H]1CCC1C[C@@H](C)C(=C)[C@@H](C)O1. The highest BCUT2D eigenvalue weighted by Gasteiger charge is 2.86. The van der Waals surface area contributed by atoms with E-state index in [4.69, 9.17) is 62.6 Å². The Labute approximate surface area is 577 Å². The Kier molecular flexibility index (Phi) is 24.5. The van der Waals surface area contributed by atoms with E-state index >= 15 is 0 Å². The summed E-state index contributed by atoms with van der Waals surface area (Å²) in [5.41, 5.74) is 8.47. The van der Waals surface area contributed by atoms with Gasteiger partial charge in [-0.3, -0.25) is 33.7 Å². The molecular weight excluding hydrogens is 1290 g/mol. The monoisotopic (exact) mass is 1390 g/mol. The predicted octanol–water partition coefficient (Wildman–Crippen LogP) is 4.22. The maximum Gasteiger partial charge on any atom is 0.407 e. The molecule has 9 saturated heterocycles. The first-order chi connectivity index (χ1) is 47.5. The van der Waals surface area contributed by atoms with Crippen molar-refractivity contribution in [2.45, 2.75) is 234 Å². The fraction of sp³-hybridized carbons (Fsp3) is 0.718. The number of carbonyl (C=O) groups is 8. The number of nitrogens with two attached hydrogens (primary N) is 1. The number of primary amides is 1. The molecule has 12 unspecified atom stereocenters. The summed E-state index contributed by atoms with van der Waals surface area (Å²) in [5, 5.41) is 24.4. The Morgan fingerprint density at radius 1 is 0.818 bits per heavy atom. The highest BCUT2D eigenvalue weighted by atomic mass is 16.8. The van der Waals surface area contributed by atoms with Crippen molar-refractivity contribution in [3.63, 3.8) is 0 Å². The number of hydrogen-bond donors (Lipinski definition) is 7. The van der Waals surface area contributed by atoms with Crippen molar-refractivity contribution >= 4 is 53.1 Å². The summed E-state index contributed by atoms with van der Waals surface area (Å²) in [6.45, 7) is 17.1. The van der Waals surface area contributed by atoms with Gasteiger partial charge in [0.1, 0.15) is 36.7 Å². The fourth-order valence-corrected chi connectivity index (χ4v) is 16.2. The number of carbonyl (C=O) groups excluding carboxylic acids is 8. The number of anilines is 1. The number of rotatable bonds is 36. The number of ether oxygens (including phenoxy) is 12. The quantitative estimate of drug-likeness (QED) is 0.0281. The molecule has 3 bridgehead atoms. The molecule has 10 heterocycles. The molecule has 1 saturated carbocycles. The van der Waals surface area contributed by atoms with E-state index < -0.39 is 83.6 Å². The number of hydrogen-bond acceptors (Lipinski definition) is 21. The van der Waals surface area contributed by atoms with Crippen LogP contribution in [0.1, 0.15) is 130 Å². The van der Waals surface area contributed by atoms with Crippen molar-refractivity contribution < 1.29 is 100 Å². The number of aliphatic hydroxyl groups is 1. The minimum absolute atomic E-state index is 0.00727. The number of aliphatic hydroxyl groups excluding tert-OH is 1. The molecule has 8 N–H and O–H groups in total. The van der Waals surface area contributed by atoms with E-state index in [2.05, 4.69) is 53.6 Å². The molecule has 21 atom stereocenters. The zero-order valence-electron chi connectivity index (χ0n) is 57.5. The molecule has 10 fully saturated rings. The first-order valence-corrected chi connectivity index (χ1v) is 35.5. The molecule has 99 heavy (non-hydrogen) atoms. The lowest BCUT2D eigenvalue weighted by molar-refractivity contribution is -0.620. The molecule has 1 aromatic rings. The largest absolute Gasteiger partial charge is 0.445 e. The van der Waals surface area contributed by atoms with Gasteiger partial charge in [-0.2, -0.15) is 0 Å². The zero-order valence-corrected chi connectivity index (χ0v) is 57.5. The van der Waals surface area contributed by atoms with E-state index in [0.29, 0.717) is 36.4 Å². The van der Waals surface area contributed by atoms with Crippen molar-refractivity contribution in [1.82, 2.24) is 26.2 Å². The van der Waals surface area contributed by atoms with E-state index in [-0.39, 0.29) is 188 Å². The first kappa shape index (κ1) is 73.9. The number of fused-ring (bicyclic) bond motifs is 2. The Bertz CT molecular complexity index is 3100. The Morgan fingerprint density at radius 3 is 2.32 bits per heavy atom. The number of alkyl carbamates (subject to hydrolysis) is 1. The van der Waals surface area contributed by atoms with Gasteiger partial charge in [0.25, 0.3) is 11.8 Å². The first-order valence-electron chi connectivity index (χ1n) is 35.5. The van der Waals surface area contributed by atoms with Crippen LogP contribution in [0.5, 0.6) is 0 Å². The highest BCUT2D eigenvalue weighted by molar-refractivity contribution is 6.12. The van der Waals surface area contributed by atoms with E-state index in [1.54, 1.807) is 45.2 Å². The number of methoxy groups -OCH3 is 1. The van der Waals surface area contributed by atoms with Gasteiger partial charge in [-0.05, 0) is 105 Å². The second-order valence-electron chi connectivity index (χ2n) is 28.7. The molecule has 28 nitrogen and oxygen atoms in total. The Morgan fingerprint density at radius 2 is 1.59 bits per heavy atom. The number of amides is 8. The zero-order chi connectivity index (χ0) is 70.3. The number of urea groups is 1. The van der Waals surface area contributed by atoms with Crippen molar-refractivity contribution in [1.29, 1.82) is 0 Å². The van der Waals surface area contributed by atoms with Crippen molar-refractivity contribution in [3.05, 3.63) is 66.3 Å². The normalized spacial score (nSPS) is 34.0. The molecule has 1 spiro atoms. The van der Waals surface area contributed by atoms with Gasteiger partial charge in [0.2, 0.25) is 17.7 Å². The van der Waals surface area contributed by atoms with E-state index in [0.717, 1.165) is 54.6 Å². The van der Waals surface area contributed by atoms with Gasteiger partial charge in [0.05, 0.1) is 119 Å². The summed E-state index contributed by atoms with van der Waals surface area (Å²) in [5.74, 6) is -4.18.